The van der Waals surface area contributed by atoms with Crippen LogP contribution in [0, 0.1) is 11.6 Å². The van der Waals surface area contributed by atoms with Gasteiger partial charge in [0, 0.05) is 17.7 Å². The Bertz CT molecular complexity index is 1080. The molecule has 0 amide bonds. The molecule has 1 aliphatic rings. The van der Waals surface area contributed by atoms with E-state index in [0.29, 0.717) is 23.5 Å². The maximum absolute atomic E-state index is 14.8. The molecule has 0 aliphatic carbocycles. The average Bonchev–Trinajstić information content (AvgIpc) is 3.33. The topological polar surface area (TPSA) is 52.1 Å². The number of methoxy groups -OCH3 is 1. The Morgan fingerprint density at radius 2 is 1.68 bits per heavy atom. The van der Waals surface area contributed by atoms with Gasteiger partial charge in [0.1, 0.15) is 30.6 Å². The molecule has 0 aromatic heterocycles. The van der Waals surface area contributed by atoms with Crippen molar-refractivity contribution in [3.05, 3.63) is 89.0 Å². The normalized spacial score (nSPS) is 12.8. The number of rotatable bonds is 8. The van der Waals surface area contributed by atoms with Crippen LogP contribution < -0.4 is 19.5 Å². The number of nitrogens with one attached hydrogen (secondary N) is 1. The van der Waals surface area contributed by atoms with Crippen molar-refractivity contribution in [2.24, 2.45) is 4.99 Å². The predicted molar refractivity (Wildman–Crippen MR) is 114 cm³/mol. The smallest absolute Gasteiger partial charge is 0.206 e. The number of nitrogens with zero attached hydrogens (tertiary/aromatic N) is 1. The second kappa shape index (κ2) is 9.47. The molecular formula is C24H22F2N2O3. The number of halogens is 2. The van der Waals surface area contributed by atoms with Gasteiger partial charge in [-0.05, 0) is 35.9 Å². The maximum Gasteiger partial charge on any atom is 0.206 e. The van der Waals surface area contributed by atoms with Crippen LogP contribution >= 0.6 is 0 Å². The third-order valence-corrected chi connectivity index (χ3v) is 4.87. The molecule has 7 heteroatoms. The molecule has 3 aromatic rings. The number of aliphatic imine (C=N–C) groups is 1. The predicted octanol–water partition coefficient (Wildman–Crippen LogP) is 4.48. The van der Waals surface area contributed by atoms with Crippen LogP contribution in [-0.2, 0) is 13.2 Å². The van der Waals surface area contributed by atoms with Gasteiger partial charge in [-0.1, -0.05) is 30.3 Å². The Morgan fingerprint density at radius 3 is 2.32 bits per heavy atom. The summed E-state index contributed by atoms with van der Waals surface area (Å²) < 4.78 is 45.5. The van der Waals surface area contributed by atoms with Gasteiger partial charge in [0.05, 0.1) is 13.7 Å². The zero-order chi connectivity index (χ0) is 21.6. The molecule has 3 aromatic carbocycles. The molecule has 0 atom stereocenters. The van der Waals surface area contributed by atoms with E-state index in [4.69, 9.17) is 14.2 Å². The largest absolute Gasteiger partial charge is 0.497 e. The van der Waals surface area contributed by atoms with E-state index in [2.05, 4.69) is 10.3 Å². The highest BCUT2D eigenvalue weighted by Crippen LogP contribution is 2.28. The van der Waals surface area contributed by atoms with Gasteiger partial charge in [-0.15, -0.1) is 0 Å². The SMILES string of the molecule is COc1ccc(COc2cccc(OCc3ccc(C4=NCCN4)cc3F)c2F)cc1. The average molecular weight is 424 g/mol. The van der Waals surface area contributed by atoms with Crippen LogP contribution in [0.4, 0.5) is 8.78 Å². The second-order valence-electron chi connectivity index (χ2n) is 6.96. The van der Waals surface area contributed by atoms with E-state index in [-0.39, 0.29) is 24.7 Å². The van der Waals surface area contributed by atoms with Crippen LogP contribution in [0.25, 0.3) is 0 Å². The molecule has 0 fully saturated rings. The van der Waals surface area contributed by atoms with E-state index >= 15 is 0 Å². The maximum atomic E-state index is 14.8. The number of benzene rings is 3. The van der Waals surface area contributed by atoms with Crippen molar-refractivity contribution < 1.29 is 23.0 Å². The van der Waals surface area contributed by atoms with Crippen LogP contribution in [-0.4, -0.2) is 26.0 Å². The molecule has 1 aliphatic heterocycles. The van der Waals surface area contributed by atoms with E-state index in [0.717, 1.165) is 17.9 Å². The summed E-state index contributed by atoms with van der Waals surface area (Å²) in [5.74, 6) is 0.419. The van der Waals surface area contributed by atoms with Gasteiger partial charge >= 0.3 is 0 Å². The third kappa shape index (κ3) is 4.94. The second-order valence-corrected chi connectivity index (χ2v) is 6.96. The monoisotopic (exact) mass is 424 g/mol. The number of ether oxygens (including phenoxy) is 3. The minimum atomic E-state index is -0.627. The van der Waals surface area contributed by atoms with Crippen LogP contribution in [0.2, 0.25) is 0 Å². The van der Waals surface area contributed by atoms with Crippen molar-refractivity contribution in [1.82, 2.24) is 5.32 Å². The molecule has 0 bridgehead atoms. The standard InChI is InChI=1S/C24H22F2N2O3/c1-29-19-9-5-16(6-10-19)14-30-21-3-2-4-22(23(21)26)31-15-18-8-7-17(13-20(18)25)24-27-11-12-28-24/h2-10,13H,11-12,14-15H2,1H3,(H,27,28). The van der Waals surface area contributed by atoms with E-state index in [9.17, 15) is 8.78 Å². The summed E-state index contributed by atoms with van der Waals surface area (Å²) in [6.07, 6.45) is 0. The summed E-state index contributed by atoms with van der Waals surface area (Å²) in [7, 11) is 1.59. The lowest BCUT2D eigenvalue weighted by Gasteiger charge is -2.12. The first-order valence-electron chi connectivity index (χ1n) is 9.88. The third-order valence-electron chi connectivity index (χ3n) is 4.87. The summed E-state index contributed by atoms with van der Waals surface area (Å²) in [6.45, 7) is 1.51. The van der Waals surface area contributed by atoms with Gasteiger partial charge in [0.25, 0.3) is 0 Å². The zero-order valence-electron chi connectivity index (χ0n) is 17.0. The van der Waals surface area contributed by atoms with Crippen molar-refractivity contribution >= 4 is 5.84 Å². The lowest BCUT2D eigenvalue weighted by atomic mass is 10.1. The molecule has 1 N–H and O–H groups in total. The van der Waals surface area contributed by atoms with E-state index in [1.807, 2.05) is 24.3 Å². The molecule has 160 valence electrons. The Hall–Kier alpha value is -3.61. The number of hydrogen-bond acceptors (Lipinski definition) is 5. The molecule has 1 heterocycles. The highest BCUT2D eigenvalue weighted by atomic mass is 19.1. The molecule has 5 nitrogen and oxygen atoms in total. The molecule has 0 unspecified atom stereocenters. The van der Waals surface area contributed by atoms with E-state index in [1.54, 1.807) is 25.3 Å². The molecule has 0 saturated carbocycles. The minimum Gasteiger partial charge on any atom is -0.497 e. The Labute approximate surface area is 179 Å². The molecule has 4 rings (SSSR count). The van der Waals surface area contributed by atoms with Gasteiger partial charge in [0.15, 0.2) is 11.5 Å². The van der Waals surface area contributed by atoms with Crippen molar-refractivity contribution in [2.45, 2.75) is 13.2 Å². The van der Waals surface area contributed by atoms with Crippen LogP contribution in [0.3, 0.4) is 0 Å². The Kier molecular flexibility index (Phi) is 6.31. The fourth-order valence-corrected chi connectivity index (χ4v) is 3.15. The van der Waals surface area contributed by atoms with E-state index in [1.165, 1.54) is 18.2 Å². The number of hydrogen-bond donors (Lipinski definition) is 1. The van der Waals surface area contributed by atoms with Crippen molar-refractivity contribution in [3.8, 4) is 17.2 Å². The fourth-order valence-electron chi connectivity index (χ4n) is 3.15. The molecule has 31 heavy (non-hydrogen) atoms. The Morgan fingerprint density at radius 1 is 0.935 bits per heavy atom. The minimum absolute atomic E-state index is 0.00228. The molecular weight excluding hydrogens is 402 g/mol. The highest BCUT2D eigenvalue weighted by molar-refractivity contribution is 5.99. The first-order valence-corrected chi connectivity index (χ1v) is 9.88. The zero-order valence-corrected chi connectivity index (χ0v) is 17.0. The van der Waals surface area contributed by atoms with Gasteiger partial charge in [-0.25, -0.2) is 4.39 Å². The summed E-state index contributed by atoms with van der Waals surface area (Å²) in [6, 6.07) is 16.7. The van der Waals surface area contributed by atoms with Crippen molar-refractivity contribution in [1.29, 1.82) is 0 Å². The quantitative estimate of drug-likeness (QED) is 0.579. The van der Waals surface area contributed by atoms with Gasteiger partial charge in [-0.2, -0.15) is 4.39 Å². The van der Waals surface area contributed by atoms with Gasteiger partial charge in [-0.3, -0.25) is 4.99 Å². The van der Waals surface area contributed by atoms with Gasteiger partial charge in [0.2, 0.25) is 5.82 Å². The molecule has 0 spiro atoms. The lowest BCUT2D eigenvalue weighted by molar-refractivity contribution is 0.260. The molecule has 0 saturated heterocycles. The first kappa shape index (κ1) is 20.7. The van der Waals surface area contributed by atoms with Crippen LogP contribution in [0.5, 0.6) is 17.2 Å². The van der Waals surface area contributed by atoms with E-state index < -0.39 is 11.6 Å². The van der Waals surface area contributed by atoms with Crippen LogP contribution in [0.1, 0.15) is 16.7 Å². The molecule has 0 radical (unpaired) electrons. The number of amidine groups is 1. The lowest BCUT2D eigenvalue weighted by Crippen LogP contribution is -2.19. The summed E-state index contributed by atoms with van der Waals surface area (Å²) in [5.41, 5.74) is 1.88. The van der Waals surface area contributed by atoms with Crippen LogP contribution in [0.15, 0.2) is 65.7 Å². The fraction of sp³-hybridized carbons (Fsp3) is 0.208. The Balaban J connectivity index is 1.40. The summed E-state index contributed by atoms with van der Waals surface area (Å²) in [4.78, 5) is 4.28. The summed E-state index contributed by atoms with van der Waals surface area (Å²) >= 11 is 0. The first-order chi connectivity index (χ1) is 15.1. The summed E-state index contributed by atoms with van der Waals surface area (Å²) in [5, 5.41) is 3.10. The van der Waals surface area contributed by atoms with Gasteiger partial charge < -0.3 is 19.5 Å². The van der Waals surface area contributed by atoms with Crippen molar-refractivity contribution in [3.63, 3.8) is 0 Å². The highest BCUT2D eigenvalue weighted by Gasteiger charge is 2.14. The van der Waals surface area contributed by atoms with Crippen molar-refractivity contribution in [2.75, 3.05) is 20.2 Å².